The van der Waals surface area contributed by atoms with Gasteiger partial charge in [-0.25, -0.2) is 19.2 Å². The van der Waals surface area contributed by atoms with Gasteiger partial charge in [0.05, 0.1) is 37.6 Å². The minimum atomic E-state index is -2.94. The summed E-state index contributed by atoms with van der Waals surface area (Å²) in [6.07, 6.45) is 1.02. The van der Waals surface area contributed by atoms with Gasteiger partial charge in [0, 0.05) is 54.3 Å². The molecule has 0 saturated heterocycles. The Labute approximate surface area is 530 Å². The second-order valence-electron chi connectivity index (χ2n) is 21.4. The highest BCUT2D eigenvalue weighted by Gasteiger charge is 2.62. The average Bonchev–Trinajstić information content (AvgIpc) is 1.13. The first kappa shape index (κ1) is 58.8. The number of benzene rings is 7. The van der Waals surface area contributed by atoms with E-state index in [0.717, 1.165) is 22.7 Å². The van der Waals surface area contributed by atoms with E-state index in [0.29, 0.717) is 22.3 Å². The highest BCUT2D eigenvalue weighted by molar-refractivity contribution is 7.17. The standard InChI is InChI=1S/C72H40N4O14S2/c73-31-43-21-49-50(22-44(43)32-74)62(78)55(61(49)77)25-47-27-59-65(91-47)53-30-58-54(29-57(53)71(89-59,67(81)85-35-39-13-5-1-6-14-39)68(82)86-36-40-15-7-2-8-16-40)66-60(28-48(92-66)26-56-63(79)51-23-45(33-75)46(34-76)24-52(51)64(56)80)90-72(58,69(83)87-37-41-17-9-3-10-18-41)70(84)88-38-42-19-11-4-12-20-42/h1-30,61,77H,35-38H2/b55-25-. The van der Waals surface area contributed by atoms with E-state index < -0.39 is 85.0 Å². The van der Waals surface area contributed by atoms with E-state index in [-0.39, 0.29) is 109 Å². The van der Waals surface area contributed by atoms with Gasteiger partial charge in [0.1, 0.15) is 68.3 Å². The van der Waals surface area contributed by atoms with Crippen molar-refractivity contribution in [1.29, 1.82) is 21.0 Å². The van der Waals surface area contributed by atoms with Crippen LogP contribution in [0.15, 0.2) is 181 Å². The third kappa shape index (κ3) is 10.0. The highest BCUT2D eigenvalue weighted by Crippen LogP contribution is 2.58. The summed E-state index contributed by atoms with van der Waals surface area (Å²) in [4.78, 5) is 106. The van der Waals surface area contributed by atoms with Gasteiger partial charge in [-0.1, -0.05) is 121 Å². The summed E-state index contributed by atoms with van der Waals surface area (Å²) in [5, 5.41) is 51.1. The second-order valence-corrected chi connectivity index (χ2v) is 23.5. The van der Waals surface area contributed by atoms with Crippen molar-refractivity contribution in [3.63, 3.8) is 0 Å². The second kappa shape index (κ2) is 23.7. The van der Waals surface area contributed by atoms with Crippen LogP contribution in [0, 0.1) is 45.3 Å². The normalized spacial score (nSPS) is 15.2. The van der Waals surface area contributed by atoms with E-state index in [1.807, 2.05) is 24.3 Å². The maximum absolute atomic E-state index is 15.7. The SMILES string of the molecule is N#Cc1cc2c(cc1C#N)C(=O)C(=Cc1cc3c(s1)-c1cc4c(cc1C(C(=O)OCc1ccccc1)(C(=O)OCc1ccccc1)O3)-c1sc(/C=C3\C(=O)c5cc(C#N)c(C#N)cc5C3O)cc1OC4(C(=O)OCc1ccccc1)C(=O)OCc1ccccc1)C2=O. The molecule has 2 aromatic heterocycles. The first-order chi connectivity index (χ1) is 44.7. The number of esters is 4. The van der Waals surface area contributed by atoms with Crippen LogP contribution in [0.3, 0.4) is 0 Å². The molecular formula is C72H40N4O14S2. The summed E-state index contributed by atoms with van der Waals surface area (Å²) >= 11 is 1.86. The first-order valence-electron chi connectivity index (χ1n) is 28.1. The Balaban J connectivity index is 1.05. The van der Waals surface area contributed by atoms with Crippen molar-refractivity contribution in [3.05, 3.63) is 269 Å². The van der Waals surface area contributed by atoms with E-state index in [1.54, 1.807) is 121 Å². The number of carbonyl (C=O) groups is 7. The summed E-state index contributed by atoms with van der Waals surface area (Å²) in [5.74, 6) is -7.73. The summed E-state index contributed by atoms with van der Waals surface area (Å²) in [5.41, 5.74) is -5.54. The minimum Gasteiger partial charge on any atom is -0.458 e. The first-order valence-corrected chi connectivity index (χ1v) is 29.7. The van der Waals surface area contributed by atoms with Crippen LogP contribution in [0.4, 0.5) is 0 Å². The van der Waals surface area contributed by atoms with Crippen LogP contribution in [-0.4, -0.2) is 46.3 Å². The highest BCUT2D eigenvalue weighted by atomic mass is 32.1. The van der Waals surface area contributed by atoms with E-state index in [9.17, 15) is 40.5 Å². The predicted octanol–water partition coefficient (Wildman–Crippen LogP) is 11.6. The molecule has 4 heterocycles. The average molecular weight is 1250 g/mol. The van der Waals surface area contributed by atoms with Crippen LogP contribution in [0.5, 0.6) is 11.5 Å². The lowest BCUT2D eigenvalue weighted by Crippen LogP contribution is -2.54. The van der Waals surface area contributed by atoms with Crippen LogP contribution < -0.4 is 9.47 Å². The van der Waals surface area contributed by atoms with Crippen molar-refractivity contribution in [3.8, 4) is 56.7 Å². The molecule has 20 heteroatoms. The number of Topliss-reactive ketones (excluding diaryl/α,β-unsaturated/α-hetero) is 3. The van der Waals surface area contributed by atoms with Crippen LogP contribution in [0.1, 0.15) is 108 Å². The fourth-order valence-electron chi connectivity index (χ4n) is 11.3. The lowest BCUT2D eigenvalue weighted by Gasteiger charge is -2.39. The van der Waals surface area contributed by atoms with Gasteiger partial charge in [-0.2, -0.15) is 21.0 Å². The number of hydrogen-bond acceptors (Lipinski definition) is 20. The Morgan fingerprint density at radius 1 is 0.446 bits per heavy atom. The van der Waals surface area contributed by atoms with Crippen molar-refractivity contribution < 1.29 is 67.1 Å². The number of aliphatic hydroxyl groups is 1. The number of thiophene rings is 2. The quantitative estimate of drug-likeness (QED) is 0.0348. The minimum absolute atomic E-state index is 0.0213. The predicted molar refractivity (Wildman–Crippen MR) is 328 cm³/mol. The molecule has 1 N–H and O–H groups in total. The Hall–Kier alpha value is -12.2. The molecule has 444 valence electrons. The molecule has 0 saturated carbocycles. The largest absolute Gasteiger partial charge is 0.458 e. The Kier molecular flexibility index (Phi) is 15.2. The van der Waals surface area contributed by atoms with Crippen molar-refractivity contribution in [2.75, 3.05) is 0 Å². The molecule has 13 rings (SSSR count). The van der Waals surface area contributed by atoms with Gasteiger partial charge in [-0.3, -0.25) is 14.4 Å². The number of allylic oxidation sites excluding steroid dienone is 1. The molecule has 0 amide bonds. The topological polar surface area (TPSA) is 290 Å². The third-order valence-electron chi connectivity index (χ3n) is 15.9. The fraction of sp³-hybridized carbons (Fsp3) is 0.0972. The monoisotopic (exact) mass is 1250 g/mol. The number of nitrogens with zero attached hydrogens (tertiary/aromatic N) is 4. The number of rotatable bonds is 14. The van der Waals surface area contributed by atoms with Gasteiger partial charge in [0.15, 0.2) is 17.3 Å². The van der Waals surface area contributed by atoms with E-state index in [1.165, 1.54) is 60.7 Å². The molecular weight excluding hydrogens is 1210 g/mol. The molecule has 0 bridgehead atoms. The fourth-order valence-corrected chi connectivity index (χ4v) is 13.4. The molecule has 9 aromatic rings. The molecule has 18 nitrogen and oxygen atoms in total. The number of ketones is 3. The van der Waals surface area contributed by atoms with E-state index in [2.05, 4.69) is 0 Å². The third-order valence-corrected chi connectivity index (χ3v) is 18.0. The Morgan fingerprint density at radius 3 is 1.14 bits per heavy atom. The van der Waals surface area contributed by atoms with Gasteiger partial charge in [-0.05, 0) is 88.5 Å². The van der Waals surface area contributed by atoms with E-state index >= 15 is 19.2 Å². The molecule has 2 aliphatic carbocycles. The van der Waals surface area contributed by atoms with Crippen molar-refractivity contribution in [2.45, 2.75) is 43.7 Å². The Bertz CT molecular complexity index is 4760. The van der Waals surface area contributed by atoms with Gasteiger partial charge >= 0.3 is 35.1 Å². The van der Waals surface area contributed by atoms with Crippen molar-refractivity contribution >= 4 is 76.1 Å². The number of aliphatic hydroxyl groups excluding tert-OH is 1. The van der Waals surface area contributed by atoms with Gasteiger partial charge in [-0.15, -0.1) is 22.7 Å². The summed E-state index contributed by atoms with van der Waals surface area (Å²) in [6, 6.07) is 52.2. The molecule has 1 unspecified atom stereocenters. The molecule has 0 radical (unpaired) electrons. The molecule has 7 aromatic carbocycles. The maximum atomic E-state index is 15.7. The van der Waals surface area contributed by atoms with Crippen molar-refractivity contribution in [1.82, 2.24) is 0 Å². The van der Waals surface area contributed by atoms with Crippen molar-refractivity contribution in [2.24, 2.45) is 0 Å². The smallest absolute Gasteiger partial charge is 0.367 e. The van der Waals surface area contributed by atoms with Crippen LogP contribution in [0.25, 0.3) is 33.0 Å². The molecule has 92 heavy (non-hydrogen) atoms. The summed E-state index contributed by atoms with van der Waals surface area (Å²) in [6.45, 7) is -1.58. The zero-order valence-corrected chi connectivity index (χ0v) is 49.2. The summed E-state index contributed by atoms with van der Waals surface area (Å²) < 4.78 is 38.0. The lowest BCUT2D eigenvalue weighted by atomic mass is 9.78. The number of ether oxygens (including phenoxy) is 6. The molecule has 1 atom stereocenters. The molecule has 2 aliphatic heterocycles. The summed E-state index contributed by atoms with van der Waals surface area (Å²) in [7, 11) is 0. The lowest BCUT2D eigenvalue weighted by molar-refractivity contribution is -0.185. The maximum Gasteiger partial charge on any atom is 0.367 e. The van der Waals surface area contributed by atoms with Crippen LogP contribution in [0.2, 0.25) is 0 Å². The zero-order chi connectivity index (χ0) is 64.0. The van der Waals surface area contributed by atoms with E-state index in [4.69, 9.17) is 28.4 Å². The number of nitriles is 4. The van der Waals surface area contributed by atoms with Crippen LogP contribution >= 0.6 is 22.7 Å². The molecule has 4 aliphatic rings. The molecule has 0 fully saturated rings. The van der Waals surface area contributed by atoms with Crippen LogP contribution in [-0.2, 0) is 75.8 Å². The Morgan fingerprint density at radius 2 is 0.783 bits per heavy atom. The number of fused-ring (bicyclic) bond motifs is 8. The van der Waals surface area contributed by atoms with Gasteiger partial charge in [0.2, 0.25) is 0 Å². The van der Waals surface area contributed by atoms with Gasteiger partial charge in [0.25, 0.3) is 0 Å². The number of carbonyl (C=O) groups excluding carboxylic acids is 7. The molecule has 0 spiro atoms. The zero-order valence-electron chi connectivity index (χ0n) is 47.6. The number of hydrogen-bond donors (Lipinski definition) is 1. The van der Waals surface area contributed by atoms with Gasteiger partial charge < -0.3 is 33.5 Å².